The average Bonchev–Trinajstić information content (AvgIpc) is 3.01. The fraction of sp³-hybridized carbons (Fsp3) is 0. The Bertz CT molecular complexity index is 867. The van der Waals surface area contributed by atoms with Crippen molar-refractivity contribution in [2.75, 3.05) is 5.32 Å². The van der Waals surface area contributed by atoms with Crippen molar-refractivity contribution >= 4 is 50.7 Å². The maximum absolute atomic E-state index is 12.1. The molecule has 0 fully saturated rings. The summed E-state index contributed by atoms with van der Waals surface area (Å²) in [6, 6.07) is 8.19. The molecular weight excluding hydrogens is 407 g/mol. The number of nitrogens with zero attached hydrogens (tertiary/aromatic N) is 3. The van der Waals surface area contributed by atoms with Gasteiger partial charge in [0.25, 0.3) is 0 Å². The first-order valence-corrected chi connectivity index (χ1v) is 7.80. The van der Waals surface area contributed by atoms with Crippen molar-refractivity contribution in [1.29, 1.82) is 0 Å². The smallest absolute Gasteiger partial charge is 0.316 e. The van der Waals surface area contributed by atoms with E-state index in [1.807, 2.05) is 0 Å². The fourth-order valence-electron chi connectivity index (χ4n) is 1.71. The number of anilines is 1. The van der Waals surface area contributed by atoms with E-state index in [2.05, 4.69) is 36.4 Å². The van der Waals surface area contributed by atoms with Gasteiger partial charge in [0, 0.05) is 16.8 Å². The van der Waals surface area contributed by atoms with E-state index in [4.69, 9.17) is 27.7 Å². The summed E-state index contributed by atoms with van der Waals surface area (Å²) in [4.78, 5) is 20.2. The summed E-state index contributed by atoms with van der Waals surface area (Å²) in [5.41, 5.74) is 1.02. The highest BCUT2D eigenvalue weighted by Crippen LogP contribution is 2.26. The molecule has 0 aliphatic rings. The normalized spacial score (nSPS) is 10.6. The largest absolute Gasteiger partial charge is 0.328 e. The van der Waals surface area contributed by atoms with Gasteiger partial charge in [-0.25, -0.2) is 4.98 Å². The summed E-state index contributed by atoms with van der Waals surface area (Å²) in [6.45, 7) is 0. The van der Waals surface area contributed by atoms with E-state index in [9.17, 15) is 4.79 Å². The number of carbonyl (C=O) groups excluding carboxylic acids is 1. The van der Waals surface area contributed by atoms with Crippen LogP contribution in [0.2, 0.25) is 10.0 Å². The first-order chi connectivity index (χ1) is 11.0. The van der Waals surface area contributed by atoms with Crippen LogP contribution in [0, 0.1) is 0 Å². The standard InChI is InChI=1S/C14H7BrCl2N4O2/c15-11-4-1-7(6-18-11)12-20-14(23-21-12)13(22)19-10-3-2-8(16)5-9(10)17/h1-6H,(H,19,22). The van der Waals surface area contributed by atoms with Crippen molar-refractivity contribution in [2.45, 2.75) is 0 Å². The number of nitrogens with one attached hydrogen (secondary N) is 1. The SMILES string of the molecule is O=C(Nc1ccc(Cl)cc1Cl)c1nc(-c2ccc(Br)nc2)no1. The molecule has 3 aromatic rings. The molecule has 0 radical (unpaired) electrons. The molecule has 0 unspecified atom stereocenters. The van der Waals surface area contributed by atoms with Crippen molar-refractivity contribution in [3.63, 3.8) is 0 Å². The van der Waals surface area contributed by atoms with E-state index in [0.29, 0.717) is 25.9 Å². The molecule has 0 atom stereocenters. The summed E-state index contributed by atoms with van der Waals surface area (Å²) in [7, 11) is 0. The monoisotopic (exact) mass is 412 g/mol. The van der Waals surface area contributed by atoms with Crippen LogP contribution in [0.4, 0.5) is 5.69 Å². The van der Waals surface area contributed by atoms with Gasteiger partial charge >= 0.3 is 11.8 Å². The Hall–Kier alpha value is -1.96. The Kier molecular flexibility index (Phi) is 4.61. The van der Waals surface area contributed by atoms with Gasteiger partial charge in [0.05, 0.1) is 10.7 Å². The number of carbonyl (C=O) groups is 1. The second-order valence-electron chi connectivity index (χ2n) is 4.37. The van der Waals surface area contributed by atoms with Crippen molar-refractivity contribution < 1.29 is 9.32 Å². The average molecular weight is 414 g/mol. The molecule has 9 heteroatoms. The highest BCUT2D eigenvalue weighted by molar-refractivity contribution is 9.10. The molecule has 2 aromatic heterocycles. The van der Waals surface area contributed by atoms with Gasteiger partial charge < -0.3 is 9.84 Å². The molecule has 1 aromatic carbocycles. The van der Waals surface area contributed by atoms with E-state index < -0.39 is 5.91 Å². The molecule has 1 N–H and O–H groups in total. The van der Waals surface area contributed by atoms with Crippen molar-refractivity contribution in [2.24, 2.45) is 0 Å². The highest BCUT2D eigenvalue weighted by atomic mass is 79.9. The van der Waals surface area contributed by atoms with Gasteiger partial charge in [-0.2, -0.15) is 4.98 Å². The third kappa shape index (κ3) is 3.69. The van der Waals surface area contributed by atoms with E-state index in [-0.39, 0.29) is 11.7 Å². The van der Waals surface area contributed by atoms with Crippen LogP contribution in [-0.4, -0.2) is 21.0 Å². The van der Waals surface area contributed by atoms with Crippen molar-refractivity contribution in [1.82, 2.24) is 15.1 Å². The minimum Gasteiger partial charge on any atom is -0.328 e. The number of hydrogen-bond acceptors (Lipinski definition) is 5. The number of halogens is 3. The number of pyridine rings is 1. The Balaban J connectivity index is 1.79. The minimum absolute atomic E-state index is 0.186. The van der Waals surface area contributed by atoms with Crippen LogP contribution in [-0.2, 0) is 0 Å². The first-order valence-electron chi connectivity index (χ1n) is 6.25. The topological polar surface area (TPSA) is 80.9 Å². The first kappa shape index (κ1) is 15.9. The quantitative estimate of drug-likeness (QED) is 0.641. The molecule has 1 amide bonds. The van der Waals surface area contributed by atoms with Crippen LogP contribution in [0.15, 0.2) is 45.7 Å². The molecule has 2 heterocycles. The molecule has 0 spiro atoms. The maximum Gasteiger partial charge on any atom is 0.316 e. The molecular formula is C14H7BrCl2N4O2. The van der Waals surface area contributed by atoms with Gasteiger partial charge in [-0.1, -0.05) is 28.4 Å². The summed E-state index contributed by atoms with van der Waals surface area (Å²) in [5, 5.41) is 7.11. The summed E-state index contributed by atoms with van der Waals surface area (Å²) in [5.74, 6) is -0.496. The summed E-state index contributed by atoms with van der Waals surface area (Å²) in [6.07, 6.45) is 1.56. The van der Waals surface area contributed by atoms with Crippen LogP contribution in [0.25, 0.3) is 11.4 Å². The number of rotatable bonds is 3. The van der Waals surface area contributed by atoms with Crippen molar-refractivity contribution in [3.05, 3.63) is 57.1 Å². The van der Waals surface area contributed by atoms with E-state index in [0.717, 1.165) is 0 Å². The second kappa shape index (κ2) is 6.66. The number of aromatic nitrogens is 3. The molecule has 116 valence electrons. The van der Waals surface area contributed by atoms with Crippen LogP contribution in [0.1, 0.15) is 10.7 Å². The molecule has 0 saturated carbocycles. The molecule has 6 nitrogen and oxygen atoms in total. The highest BCUT2D eigenvalue weighted by Gasteiger charge is 2.17. The molecule has 23 heavy (non-hydrogen) atoms. The lowest BCUT2D eigenvalue weighted by atomic mass is 10.3. The molecule has 3 rings (SSSR count). The van der Waals surface area contributed by atoms with Crippen LogP contribution < -0.4 is 5.32 Å². The third-order valence-electron chi connectivity index (χ3n) is 2.79. The maximum atomic E-state index is 12.1. The zero-order chi connectivity index (χ0) is 16.4. The molecule has 0 bridgehead atoms. The number of amides is 1. The fourth-order valence-corrected chi connectivity index (χ4v) is 2.40. The predicted octanol–water partition coefficient (Wildman–Crippen LogP) is 4.45. The summed E-state index contributed by atoms with van der Waals surface area (Å²) >= 11 is 15.0. The zero-order valence-electron chi connectivity index (χ0n) is 11.3. The van der Waals surface area contributed by atoms with E-state index in [1.54, 1.807) is 30.5 Å². The number of hydrogen-bond donors (Lipinski definition) is 1. The zero-order valence-corrected chi connectivity index (χ0v) is 14.4. The van der Waals surface area contributed by atoms with Gasteiger partial charge in [-0.05, 0) is 46.3 Å². The minimum atomic E-state index is -0.571. The van der Waals surface area contributed by atoms with Gasteiger partial charge in [0.15, 0.2) is 0 Å². The Morgan fingerprint density at radius 2 is 2.04 bits per heavy atom. The lowest BCUT2D eigenvalue weighted by Gasteiger charge is -2.04. The van der Waals surface area contributed by atoms with Gasteiger partial charge in [-0.3, -0.25) is 4.79 Å². The van der Waals surface area contributed by atoms with Crippen molar-refractivity contribution in [3.8, 4) is 11.4 Å². The van der Waals surface area contributed by atoms with Gasteiger partial charge in [-0.15, -0.1) is 0 Å². The number of benzene rings is 1. The predicted molar refractivity (Wildman–Crippen MR) is 89.6 cm³/mol. The van der Waals surface area contributed by atoms with E-state index in [1.165, 1.54) is 6.07 Å². The molecule has 0 aliphatic carbocycles. The lowest BCUT2D eigenvalue weighted by molar-refractivity contribution is 0.0981. The molecule has 0 aliphatic heterocycles. The van der Waals surface area contributed by atoms with Gasteiger partial charge in [0.2, 0.25) is 5.82 Å². The summed E-state index contributed by atoms with van der Waals surface area (Å²) < 4.78 is 5.65. The van der Waals surface area contributed by atoms with Crippen LogP contribution >= 0.6 is 39.1 Å². The second-order valence-corrected chi connectivity index (χ2v) is 6.03. The van der Waals surface area contributed by atoms with E-state index >= 15 is 0 Å². The third-order valence-corrected chi connectivity index (χ3v) is 3.80. The van der Waals surface area contributed by atoms with Crippen LogP contribution in [0.5, 0.6) is 0 Å². The Morgan fingerprint density at radius 1 is 1.22 bits per heavy atom. The Morgan fingerprint density at radius 3 is 2.74 bits per heavy atom. The Labute approximate surface area is 149 Å². The van der Waals surface area contributed by atoms with Gasteiger partial charge in [0.1, 0.15) is 4.60 Å². The van der Waals surface area contributed by atoms with Crippen LogP contribution in [0.3, 0.4) is 0 Å². The lowest BCUT2D eigenvalue weighted by Crippen LogP contribution is -2.12. The molecule has 0 saturated heterocycles.